The van der Waals surface area contributed by atoms with Crippen molar-refractivity contribution in [1.82, 2.24) is 14.3 Å². The Labute approximate surface area is 151 Å². The van der Waals surface area contributed by atoms with Gasteiger partial charge in [-0.3, -0.25) is 0 Å². The number of aromatic nitrogens is 4. The predicted octanol–water partition coefficient (Wildman–Crippen LogP) is -2.00. The molecular weight excluding hydrogens is 364 g/mol. The van der Waals surface area contributed by atoms with Gasteiger partial charge in [0.2, 0.25) is 0 Å². The summed E-state index contributed by atoms with van der Waals surface area (Å²) in [5.74, 6) is 0.793. The maximum absolute atomic E-state index is 8.49. The van der Waals surface area contributed by atoms with Crippen LogP contribution in [0.4, 0.5) is 11.6 Å². The lowest BCUT2D eigenvalue weighted by Gasteiger charge is -2.17. The summed E-state index contributed by atoms with van der Waals surface area (Å²) in [7, 11) is -1.06. The molecule has 0 radical (unpaired) electrons. The van der Waals surface area contributed by atoms with Gasteiger partial charge in [0.1, 0.15) is 5.69 Å². The fourth-order valence-electron chi connectivity index (χ4n) is 2.06. The van der Waals surface area contributed by atoms with Crippen molar-refractivity contribution < 1.29 is 33.4 Å². The first-order valence-electron chi connectivity index (χ1n) is 7.30. The molecule has 0 saturated heterocycles. The topological polar surface area (TPSA) is 144 Å². The molecule has 138 valence electrons. The largest absolute Gasteiger partial charge is 0.421 e. The van der Waals surface area contributed by atoms with Crippen molar-refractivity contribution in [3.8, 4) is 5.69 Å². The van der Waals surface area contributed by atoms with E-state index in [2.05, 4.69) is 15.3 Å². The molecule has 0 atom stereocenters. The number of rotatable bonds is 3. The fourth-order valence-corrected chi connectivity index (χ4v) is 2.06. The van der Waals surface area contributed by atoms with Crippen LogP contribution >= 0.6 is 0 Å². The number of azo groups is 1. The SMILES string of the molecule is Cc1ccn(-c2ccc(N=Nc3n(C)cc[n+]3C)cc2)n1.[O-][Cl+3]([O-])([O-])[O-]. The molecule has 0 unspecified atom stereocenters. The first-order chi connectivity index (χ1) is 12.1. The van der Waals surface area contributed by atoms with E-state index < -0.39 is 10.2 Å². The summed E-state index contributed by atoms with van der Waals surface area (Å²) in [5.41, 5.74) is 2.81. The van der Waals surface area contributed by atoms with Gasteiger partial charge in [-0.25, -0.2) is 32.5 Å². The summed E-state index contributed by atoms with van der Waals surface area (Å²) in [6.45, 7) is 1.97. The van der Waals surface area contributed by atoms with Crippen LogP contribution in [0.1, 0.15) is 5.69 Å². The molecule has 1 aromatic carbocycles. The fraction of sp³-hybridized carbons (Fsp3) is 0.200. The summed E-state index contributed by atoms with van der Waals surface area (Å²) >= 11 is 0. The Hall–Kier alpha value is -2.63. The highest BCUT2D eigenvalue weighted by atomic mass is 35.7. The normalized spacial score (nSPS) is 11.5. The van der Waals surface area contributed by atoms with Crippen molar-refractivity contribution in [2.75, 3.05) is 0 Å². The van der Waals surface area contributed by atoms with Crippen molar-refractivity contribution >= 4 is 11.6 Å². The van der Waals surface area contributed by atoms with E-state index in [4.69, 9.17) is 18.6 Å². The zero-order valence-electron chi connectivity index (χ0n) is 14.3. The minimum absolute atomic E-state index is 0.793. The molecule has 2 heterocycles. The molecular formula is C15H17ClN6O4. The third-order valence-corrected chi connectivity index (χ3v) is 3.24. The van der Waals surface area contributed by atoms with E-state index in [-0.39, 0.29) is 0 Å². The van der Waals surface area contributed by atoms with Crippen LogP contribution in [-0.4, -0.2) is 14.3 Å². The summed E-state index contributed by atoms with van der Waals surface area (Å²) in [6, 6.07) is 9.79. The molecule has 0 saturated carbocycles. The Bertz CT molecular complexity index is 857. The molecule has 26 heavy (non-hydrogen) atoms. The molecule has 0 N–H and O–H groups in total. The van der Waals surface area contributed by atoms with E-state index in [0.717, 1.165) is 23.0 Å². The number of imidazole rings is 1. The van der Waals surface area contributed by atoms with Crippen LogP contribution in [-0.2, 0) is 14.1 Å². The van der Waals surface area contributed by atoms with Gasteiger partial charge in [0.15, 0.2) is 0 Å². The van der Waals surface area contributed by atoms with Crippen molar-refractivity contribution in [1.29, 1.82) is 0 Å². The monoisotopic (exact) mass is 380 g/mol. The van der Waals surface area contributed by atoms with E-state index >= 15 is 0 Å². The Morgan fingerprint density at radius 2 is 1.62 bits per heavy atom. The zero-order valence-corrected chi connectivity index (χ0v) is 15.1. The maximum atomic E-state index is 8.49. The van der Waals surface area contributed by atoms with E-state index in [1.807, 2.05) is 83.8 Å². The van der Waals surface area contributed by atoms with Crippen LogP contribution < -0.4 is 23.2 Å². The Kier molecular flexibility index (Phi) is 6.18. The zero-order chi connectivity index (χ0) is 19.3. The molecule has 2 aromatic heterocycles. The average molecular weight is 381 g/mol. The molecule has 0 spiro atoms. The molecule has 0 amide bonds. The molecule has 11 heteroatoms. The van der Waals surface area contributed by atoms with Crippen LogP contribution in [0.2, 0.25) is 0 Å². The number of hydrogen-bond acceptors (Lipinski definition) is 7. The molecule has 0 bridgehead atoms. The Morgan fingerprint density at radius 3 is 2.08 bits per heavy atom. The number of aryl methyl sites for hydroxylation is 3. The van der Waals surface area contributed by atoms with E-state index in [1.54, 1.807) is 0 Å². The first-order valence-corrected chi connectivity index (χ1v) is 8.54. The highest BCUT2D eigenvalue weighted by Gasteiger charge is 2.10. The van der Waals surface area contributed by atoms with Gasteiger partial charge in [-0.2, -0.15) is 5.10 Å². The third kappa shape index (κ3) is 6.02. The summed E-state index contributed by atoms with van der Waals surface area (Å²) < 4.78 is 39.7. The summed E-state index contributed by atoms with van der Waals surface area (Å²) in [6.07, 6.45) is 5.82. The van der Waals surface area contributed by atoms with Crippen LogP contribution in [0, 0.1) is 17.2 Å². The first kappa shape index (κ1) is 19.7. The van der Waals surface area contributed by atoms with Crippen LogP contribution in [0.15, 0.2) is 59.2 Å². The van der Waals surface area contributed by atoms with Gasteiger partial charge in [-0.1, -0.05) is 5.11 Å². The standard InChI is InChI=1S/C15H17N6.ClHO4/c1-12-8-9-21(18-12)14-6-4-13(5-7-14)16-17-15-19(2)10-11-20(15)3;2-1(3,4)5/h4-11H,1-3H3;(H,2,3,4,5)/q+1;/p-1. The second-order valence-corrected chi connectivity index (χ2v) is 6.07. The quantitative estimate of drug-likeness (QED) is 0.381. The minimum atomic E-state index is -4.94. The van der Waals surface area contributed by atoms with Gasteiger partial charge < -0.3 is 0 Å². The lowest BCUT2D eigenvalue weighted by atomic mass is 10.3. The van der Waals surface area contributed by atoms with Crippen LogP contribution in [0.25, 0.3) is 5.69 Å². The molecule has 0 aliphatic carbocycles. The van der Waals surface area contributed by atoms with Crippen LogP contribution in [0.3, 0.4) is 0 Å². The van der Waals surface area contributed by atoms with Crippen molar-refractivity contribution in [3.05, 3.63) is 54.6 Å². The average Bonchev–Trinajstić information content (AvgIpc) is 3.11. The van der Waals surface area contributed by atoms with Gasteiger partial charge in [0.25, 0.3) is 0 Å². The van der Waals surface area contributed by atoms with E-state index in [9.17, 15) is 0 Å². The number of halogens is 1. The van der Waals surface area contributed by atoms with Crippen LogP contribution in [0.5, 0.6) is 0 Å². The van der Waals surface area contributed by atoms with Crippen molar-refractivity contribution in [3.63, 3.8) is 0 Å². The molecule has 3 aromatic rings. The highest BCUT2D eigenvalue weighted by molar-refractivity contribution is 5.44. The smallest absolute Gasteiger partial charge is 0.241 e. The number of benzene rings is 1. The summed E-state index contributed by atoms with van der Waals surface area (Å²) in [4.78, 5) is 0. The minimum Gasteiger partial charge on any atom is -0.241 e. The molecule has 3 rings (SSSR count). The second-order valence-electron chi connectivity index (χ2n) is 5.32. The summed E-state index contributed by atoms with van der Waals surface area (Å²) in [5, 5.41) is 12.9. The van der Waals surface area contributed by atoms with E-state index in [0.29, 0.717) is 0 Å². The van der Waals surface area contributed by atoms with Gasteiger partial charge in [0.05, 0.1) is 37.9 Å². The lowest BCUT2D eigenvalue weighted by Crippen LogP contribution is -2.68. The van der Waals surface area contributed by atoms with Gasteiger partial charge in [0, 0.05) is 11.3 Å². The molecule has 0 aliphatic heterocycles. The van der Waals surface area contributed by atoms with Crippen molar-refractivity contribution in [2.24, 2.45) is 24.3 Å². The predicted molar refractivity (Wildman–Crippen MR) is 79.1 cm³/mol. The van der Waals surface area contributed by atoms with Crippen molar-refractivity contribution in [2.45, 2.75) is 6.92 Å². The molecule has 10 nitrogen and oxygen atoms in total. The molecule has 0 aliphatic rings. The highest BCUT2D eigenvalue weighted by Crippen LogP contribution is 2.18. The maximum Gasteiger partial charge on any atom is 0.421 e. The van der Waals surface area contributed by atoms with E-state index in [1.165, 1.54) is 0 Å². The number of hydrogen-bond donors (Lipinski definition) is 0. The number of nitrogens with zero attached hydrogens (tertiary/aromatic N) is 6. The third-order valence-electron chi connectivity index (χ3n) is 3.24. The van der Waals surface area contributed by atoms with Gasteiger partial charge >= 0.3 is 5.95 Å². The van der Waals surface area contributed by atoms with Gasteiger partial charge in [-0.15, -0.1) is 10.2 Å². The Morgan fingerprint density at radius 1 is 1.00 bits per heavy atom. The lowest BCUT2D eigenvalue weighted by molar-refractivity contribution is -2.00. The Balaban J connectivity index is 0.000000431. The molecule has 0 fully saturated rings. The van der Waals surface area contributed by atoms with Gasteiger partial charge in [-0.05, 0) is 37.3 Å². The second kappa shape index (κ2) is 8.17.